The van der Waals surface area contributed by atoms with E-state index < -0.39 is 0 Å². The van der Waals surface area contributed by atoms with Gasteiger partial charge < -0.3 is 4.74 Å². The lowest BCUT2D eigenvalue weighted by Gasteiger charge is -2.10. The number of fused-ring (bicyclic) bond motifs is 2. The summed E-state index contributed by atoms with van der Waals surface area (Å²) in [4.78, 5) is 17.9. The standard InChI is InChI=1S/C28H21N3O2/c1-33-27-16-15-19-9-5-6-12-21(19)24(27)18-29-31-28(32)23-17-26(20-10-3-2-4-11-20)30-25-14-8-7-13-22(23)25/h2-18H,1H3,(H,31,32)/b29-18-. The van der Waals surface area contributed by atoms with Gasteiger partial charge in [0.25, 0.3) is 5.91 Å². The fourth-order valence-electron chi connectivity index (χ4n) is 3.92. The summed E-state index contributed by atoms with van der Waals surface area (Å²) in [5, 5.41) is 7.10. The zero-order chi connectivity index (χ0) is 22.6. The van der Waals surface area contributed by atoms with Gasteiger partial charge in [-0.25, -0.2) is 10.4 Å². The van der Waals surface area contributed by atoms with Crippen LogP contribution in [0.25, 0.3) is 32.9 Å². The molecule has 5 rings (SSSR count). The average Bonchev–Trinajstić information content (AvgIpc) is 2.88. The Kier molecular flexibility index (Phi) is 5.52. The third kappa shape index (κ3) is 4.04. The molecule has 0 aliphatic carbocycles. The van der Waals surface area contributed by atoms with E-state index in [1.807, 2.05) is 91.0 Å². The molecule has 0 aliphatic heterocycles. The van der Waals surface area contributed by atoms with Crippen molar-refractivity contribution in [1.82, 2.24) is 10.4 Å². The zero-order valence-electron chi connectivity index (χ0n) is 18.0. The largest absolute Gasteiger partial charge is 0.496 e. The summed E-state index contributed by atoms with van der Waals surface area (Å²) in [6.07, 6.45) is 1.63. The minimum Gasteiger partial charge on any atom is -0.496 e. The van der Waals surface area contributed by atoms with Crippen LogP contribution in [0.3, 0.4) is 0 Å². The number of nitrogens with zero attached hydrogens (tertiary/aromatic N) is 2. The summed E-state index contributed by atoms with van der Waals surface area (Å²) in [5.74, 6) is 0.383. The van der Waals surface area contributed by atoms with Crippen LogP contribution in [0.2, 0.25) is 0 Å². The first-order chi connectivity index (χ1) is 16.2. The molecular weight excluding hydrogens is 410 g/mol. The Bertz CT molecular complexity index is 1490. The van der Waals surface area contributed by atoms with Gasteiger partial charge in [-0.2, -0.15) is 5.10 Å². The Hall–Kier alpha value is -4.51. The quantitative estimate of drug-likeness (QED) is 0.281. The Balaban J connectivity index is 1.51. The van der Waals surface area contributed by atoms with Gasteiger partial charge in [0, 0.05) is 16.5 Å². The van der Waals surface area contributed by atoms with Gasteiger partial charge in [-0.1, -0.05) is 78.9 Å². The van der Waals surface area contributed by atoms with Crippen molar-refractivity contribution in [3.63, 3.8) is 0 Å². The predicted octanol–water partition coefficient (Wildman–Crippen LogP) is 5.83. The minimum atomic E-state index is -0.304. The van der Waals surface area contributed by atoms with Gasteiger partial charge in [0.05, 0.1) is 30.1 Å². The van der Waals surface area contributed by atoms with Crippen LogP contribution < -0.4 is 10.2 Å². The van der Waals surface area contributed by atoms with Crippen molar-refractivity contribution >= 4 is 33.8 Å². The SMILES string of the molecule is COc1ccc2ccccc2c1/C=N\NC(=O)c1cc(-c2ccccc2)nc2ccccc12. The normalized spacial score (nSPS) is 11.2. The molecule has 0 fully saturated rings. The van der Waals surface area contributed by atoms with Crippen LogP contribution in [0.15, 0.2) is 102 Å². The van der Waals surface area contributed by atoms with E-state index in [-0.39, 0.29) is 5.91 Å². The third-order valence-corrected chi connectivity index (χ3v) is 5.54. The summed E-state index contributed by atoms with van der Waals surface area (Å²) < 4.78 is 5.51. The third-order valence-electron chi connectivity index (χ3n) is 5.54. The molecule has 0 unspecified atom stereocenters. The maximum absolute atomic E-state index is 13.2. The lowest BCUT2D eigenvalue weighted by molar-refractivity contribution is 0.0956. The molecule has 0 saturated carbocycles. The number of aromatic nitrogens is 1. The Morgan fingerprint density at radius 2 is 1.61 bits per heavy atom. The van der Waals surface area contributed by atoms with Crippen molar-refractivity contribution in [2.75, 3.05) is 7.11 Å². The van der Waals surface area contributed by atoms with Crippen molar-refractivity contribution in [2.24, 2.45) is 5.10 Å². The maximum atomic E-state index is 13.2. The summed E-state index contributed by atoms with van der Waals surface area (Å²) in [6.45, 7) is 0. The fraction of sp³-hybridized carbons (Fsp3) is 0.0357. The molecule has 1 N–H and O–H groups in total. The number of carbonyl (C=O) groups is 1. The van der Waals surface area contributed by atoms with E-state index in [4.69, 9.17) is 9.72 Å². The first-order valence-electron chi connectivity index (χ1n) is 10.6. The van der Waals surface area contributed by atoms with Crippen molar-refractivity contribution < 1.29 is 9.53 Å². The molecule has 33 heavy (non-hydrogen) atoms. The monoisotopic (exact) mass is 431 g/mol. The van der Waals surface area contributed by atoms with E-state index in [2.05, 4.69) is 10.5 Å². The number of hydrogen-bond donors (Lipinski definition) is 1. The molecule has 5 heteroatoms. The number of pyridine rings is 1. The molecule has 1 heterocycles. The van der Waals surface area contributed by atoms with E-state index >= 15 is 0 Å². The summed E-state index contributed by atoms with van der Waals surface area (Å²) >= 11 is 0. The van der Waals surface area contributed by atoms with Crippen molar-refractivity contribution in [2.45, 2.75) is 0 Å². The molecule has 4 aromatic carbocycles. The molecule has 0 bridgehead atoms. The van der Waals surface area contributed by atoms with E-state index in [1.54, 1.807) is 19.4 Å². The Morgan fingerprint density at radius 1 is 0.879 bits per heavy atom. The molecule has 0 saturated heterocycles. The molecule has 0 aliphatic rings. The highest BCUT2D eigenvalue weighted by atomic mass is 16.5. The summed E-state index contributed by atoms with van der Waals surface area (Å²) in [7, 11) is 1.62. The van der Waals surface area contributed by atoms with Crippen LogP contribution >= 0.6 is 0 Å². The van der Waals surface area contributed by atoms with Gasteiger partial charge in [0.2, 0.25) is 0 Å². The number of hydrogen-bond acceptors (Lipinski definition) is 4. The molecular formula is C28H21N3O2. The van der Waals surface area contributed by atoms with Gasteiger partial charge >= 0.3 is 0 Å². The number of hydrazone groups is 1. The van der Waals surface area contributed by atoms with Crippen molar-refractivity contribution in [3.8, 4) is 17.0 Å². The van der Waals surface area contributed by atoms with E-state index in [0.29, 0.717) is 11.3 Å². The van der Waals surface area contributed by atoms with Crippen LogP contribution in [-0.2, 0) is 0 Å². The zero-order valence-corrected chi connectivity index (χ0v) is 18.0. The number of benzene rings is 4. The number of carbonyl (C=O) groups excluding carboxylic acids is 1. The summed E-state index contributed by atoms with van der Waals surface area (Å²) in [6, 6.07) is 31.1. The number of amides is 1. The first-order valence-corrected chi connectivity index (χ1v) is 10.6. The number of para-hydroxylation sites is 1. The van der Waals surface area contributed by atoms with Crippen LogP contribution in [0.4, 0.5) is 0 Å². The lowest BCUT2D eigenvalue weighted by Crippen LogP contribution is -2.18. The Labute approximate surface area is 191 Å². The van der Waals surface area contributed by atoms with E-state index in [1.165, 1.54) is 0 Å². The number of ether oxygens (including phenoxy) is 1. The van der Waals surface area contributed by atoms with Crippen LogP contribution in [0, 0.1) is 0 Å². The molecule has 160 valence electrons. The van der Waals surface area contributed by atoms with Gasteiger partial charge in [-0.15, -0.1) is 0 Å². The minimum absolute atomic E-state index is 0.304. The lowest BCUT2D eigenvalue weighted by atomic mass is 10.0. The maximum Gasteiger partial charge on any atom is 0.272 e. The molecule has 0 radical (unpaired) electrons. The molecule has 0 atom stereocenters. The van der Waals surface area contributed by atoms with Crippen LogP contribution in [0.1, 0.15) is 15.9 Å². The van der Waals surface area contributed by atoms with Crippen molar-refractivity contribution in [3.05, 3.63) is 108 Å². The predicted molar refractivity (Wildman–Crippen MR) is 133 cm³/mol. The first kappa shape index (κ1) is 20.4. The van der Waals surface area contributed by atoms with Crippen LogP contribution in [-0.4, -0.2) is 24.2 Å². The molecule has 0 spiro atoms. The van der Waals surface area contributed by atoms with Gasteiger partial charge in [0.1, 0.15) is 5.75 Å². The smallest absolute Gasteiger partial charge is 0.272 e. The molecule has 1 aromatic heterocycles. The van der Waals surface area contributed by atoms with E-state index in [9.17, 15) is 4.79 Å². The van der Waals surface area contributed by atoms with Gasteiger partial charge in [-0.05, 0) is 29.0 Å². The summed E-state index contributed by atoms with van der Waals surface area (Å²) in [5.41, 5.74) is 6.44. The number of rotatable bonds is 5. The molecule has 5 aromatic rings. The van der Waals surface area contributed by atoms with Gasteiger partial charge in [0.15, 0.2) is 0 Å². The fourth-order valence-corrected chi connectivity index (χ4v) is 3.92. The highest BCUT2D eigenvalue weighted by Gasteiger charge is 2.14. The molecule has 1 amide bonds. The second-order valence-electron chi connectivity index (χ2n) is 7.54. The molecule has 5 nitrogen and oxygen atoms in total. The highest BCUT2D eigenvalue weighted by molar-refractivity contribution is 6.08. The Morgan fingerprint density at radius 3 is 2.42 bits per heavy atom. The van der Waals surface area contributed by atoms with Crippen LogP contribution in [0.5, 0.6) is 5.75 Å². The second kappa shape index (κ2) is 8.93. The van der Waals surface area contributed by atoms with Gasteiger partial charge in [-0.3, -0.25) is 4.79 Å². The topological polar surface area (TPSA) is 63.6 Å². The average molecular weight is 431 g/mol. The van der Waals surface area contributed by atoms with E-state index in [0.717, 1.165) is 38.5 Å². The number of nitrogens with one attached hydrogen (secondary N) is 1. The second-order valence-corrected chi connectivity index (χ2v) is 7.54. The van der Waals surface area contributed by atoms with Crippen molar-refractivity contribution in [1.29, 1.82) is 0 Å². The highest BCUT2D eigenvalue weighted by Crippen LogP contribution is 2.27. The number of methoxy groups -OCH3 is 1.